The summed E-state index contributed by atoms with van der Waals surface area (Å²) in [4.78, 5) is 106. The third kappa shape index (κ3) is 22.3. The molecule has 0 aromatic heterocycles. The number of amides is 8. The molecule has 0 aromatic rings. The molecule has 0 aliphatic heterocycles. The maximum Gasteiger partial charge on any atom is 0.245 e. The van der Waals surface area contributed by atoms with E-state index in [-0.39, 0.29) is 56.0 Å². The second kappa shape index (κ2) is 29.3. The zero-order valence-corrected chi connectivity index (χ0v) is 39.4. The van der Waals surface area contributed by atoms with E-state index in [1.165, 1.54) is 32.5 Å². The van der Waals surface area contributed by atoms with Gasteiger partial charge in [-0.05, 0) is 82.1 Å². The zero-order chi connectivity index (χ0) is 48.0. The lowest BCUT2D eigenvalue weighted by Gasteiger charge is -2.29. The largest absolute Gasteiger partial charge is 0.394 e. The molecule has 0 aromatic carbocycles. The lowest BCUT2D eigenvalue weighted by atomic mass is 9.99. The molecule has 0 aliphatic carbocycles. The van der Waals surface area contributed by atoms with Gasteiger partial charge in [0.05, 0.1) is 31.4 Å². The summed E-state index contributed by atoms with van der Waals surface area (Å²) in [6.45, 7) is 17.7. The molecule has 0 saturated carbocycles. The molecule has 0 unspecified atom stereocenters. The highest BCUT2D eigenvalue weighted by Gasteiger charge is 2.35. The van der Waals surface area contributed by atoms with Crippen LogP contribution < -0.4 is 48.3 Å². The van der Waals surface area contributed by atoms with Crippen LogP contribution in [0.4, 0.5) is 0 Å². The third-order valence-corrected chi connectivity index (χ3v) is 10.3. The van der Waals surface area contributed by atoms with E-state index in [0.29, 0.717) is 5.75 Å². The van der Waals surface area contributed by atoms with Gasteiger partial charge in [-0.25, -0.2) is 0 Å². The third-order valence-electron chi connectivity index (χ3n) is 9.67. The number of aliphatic hydroxyl groups excluding tert-OH is 3. The zero-order valence-electron chi connectivity index (χ0n) is 38.6. The molecule has 358 valence electrons. The van der Waals surface area contributed by atoms with Crippen LogP contribution in [0.2, 0.25) is 0 Å². The van der Waals surface area contributed by atoms with Gasteiger partial charge in [0, 0.05) is 0 Å². The van der Waals surface area contributed by atoms with Crippen LogP contribution in [-0.4, -0.2) is 148 Å². The van der Waals surface area contributed by atoms with Crippen molar-refractivity contribution < 1.29 is 53.7 Å². The Hall–Kier alpha value is -4.05. The monoisotopic (exact) mass is 904 g/mol. The molecule has 0 rings (SSSR count). The number of nitrogens with one attached hydrogen (secondary N) is 8. The van der Waals surface area contributed by atoms with E-state index in [4.69, 9.17) is 5.73 Å². The van der Waals surface area contributed by atoms with Crippen molar-refractivity contribution in [2.75, 3.05) is 25.2 Å². The Labute approximate surface area is 371 Å². The number of carbonyl (C=O) groups is 8. The molecular formula is C41H77N9O11S. The summed E-state index contributed by atoms with van der Waals surface area (Å²) in [5.41, 5.74) is 5.70. The highest BCUT2D eigenvalue weighted by atomic mass is 32.2. The number of hydrogen-bond acceptors (Lipinski definition) is 13. The number of rotatable bonds is 29. The first kappa shape index (κ1) is 58.0. The molecule has 0 saturated heterocycles. The van der Waals surface area contributed by atoms with Crippen LogP contribution in [0.1, 0.15) is 102 Å². The predicted molar refractivity (Wildman–Crippen MR) is 237 cm³/mol. The van der Waals surface area contributed by atoms with E-state index in [2.05, 4.69) is 42.5 Å². The molecule has 0 bridgehead atoms. The Morgan fingerprint density at radius 2 is 0.968 bits per heavy atom. The van der Waals surface area contributed by atoms with Gasteiger partial charge in [0.25, 0.3) is 0 Å². The van der Waals surface area contributed by atoms with Crippen LogP contribution in [0.3, 0.4) is 0 Å². The fraction of sp³-hybridized carbons (Fsp3) is 0.805. The number of aliphatic hydroxyl groups is 3. The van der Waals surface area contributed by atoms with E-state index in [0.717, 1.165) is 0 Å². The van der Waals surface area contributed by atoms with Crippen LogP contribution in [0.25, 0.3) is 0 Å². The van der Waals surface area contributed by atoms with Gasteiger partial charge in [-0.2, -0.15) is 11.8 Å². The second-order valence-electron chi connectivity index (χ2n) is 17.5. The number of hydrogen-bond donors (Lipinski definition) is 12. The van der Waals surface area contributed by atoms with Gasteiger partial charge < -0.3 is 63.6 Å². The number of carbonyl (C=O) groups excluding carboxylic acids is 8. The molecule has 0 spiro atoms. The molecule has 13 N–H and O–H groups in total. The van der Waals surface area contributed by atoms with Gasteiger partial charge in [0.2, 0.25) is 47.3 Å². The minimum atomic E-state index is -1.52. The quantitative estimate of drug-likeness (QED) is 0.0393. The molecule has 10 atom stereocenters. The molecule has 0 fully saturated rings. The highest BCUT2D eigenvalue weighted by molar-refractivity contribution is 7.98. The van der Waals surface area contributed by atoms with Crippen molar-refractivity contribution in [2.24, 2.45) is 29.4 Å². The maximum atomic E-state index is 13.7. The maximum absolute atomic E-state index is 13.7. The first-order chi connectivity index (χ1) is 28.7. The van der Waals surface area contributed by atoms with E-state index in [9.17, 15) is 53.7 Å². The Morgan fingerprint density at radius 3 is 1.40 bits per heavy atom. The Morgan fingerprint density at radius 1 is 0.532 bits per heavy atom. The molecule has 20 nitrogen and oxygen atoms in total. The van der Waals surface area contributed by atoms with Gasteiger partial charge in [-0.15, -0.1) is 0 Å². The molecule has 8 amide bonds. The lowest BCUT2D eigenvalue weighted by Crippen LogP contribution is -2.61. The fourth-order valence-corrected chi connectivity index (χ4v) is 6.42. The lowest BCUT2D eigenvalue weighted by molar-refractivity contribution is -0.136. The van der Waals surface area contributed by atoms with Gasteiger partial charge in [-0.1, -0.05) is 55.4 Å². The molecule has 62 heavy (non-hydrogen) atoms. The van der Waals surface area contributed by atoms with Crippen LogP contribution >= 0.6 is 11.8 Å². The van der Waals surface area contributed by atoms with Crippen LogP contribution in [0.15, 0.2) is 0 Å². The average Bonchev–Trinajstić information content (AvgIpc) is 3.16. The summed E-state index contributed by atoms with van der Waals surface area (Å²) in [6.07, 6.45) is -0.0598. The van der Waals surface area contributed by atoms with Gasteiger partial charge >= 0.3 is 0 Å². The van der Waals surface area contributed by atoms with Crippen molar-refractivity contribution in [1.29, 1.82) is 0 Å². The highest BCUT2D eigenvalue weighted by Crippen LogP contribution is 2.12. The Kier molecular flexibility index (Phi) is 27.4. The molecule has 0 radical (unpaired) electrons. The molecule has 0 heterocycles. The summed E-state index contributed by atoms with van der Waals surface area (Å²) in [5, 5.41) is 50.5. The van der Waals surface area contributed by atoms with Gasteiger partial charge in [0.15, 0.2) is 0 Å². The van der Waals surface area contributed by atoms with Crippen LogP contribution in [0, 0.1) is 23.7 Å². The van der Waals surface area contributed by atoms with Gasteiger partial charge in [0.1, 0.15) is 42.3 Å². The standard InChI is InChI=1S/C41H77N9O11S/c1-20(2)15-28(45-32(54)18-43-35(55)24(9)44-37(57)29(16-21(3)4)48-40(60)33(42)25(10)52)38(58)47-30(17-22(5)6)39(59)50-34(26(11)53)41(61)46-27(13-14-62-12)36(56)49-31(19-51)23(7)8/h20-31,33-34,51-53H,13-19,42H2,1-12H3,(H,43,55)(H,44,57)(H,45,54)(H,46,61)(H,47,58)(H,48,60)(H,49,56)(H,50,59)/t24-,25+,26+,27-,28-,29-,30-,31-,33-,34-/m0/s1. The smallest absolute Gasteiger partial charge is 0.245 e. The predicted octanol–water partition coefficient (Wildman–Crippen LogP) is -1.86. The summed E-state index contributed by atoms with van der Waals surface area (Å²) >= 11 is 1.45. The molecular weight excluding hydrogens is 827 g/mol. The topological polar surface area (TPSA) is 320 Å². The number of nitrogens with two attached hydrogens (primary N) is 1. The minimum Gasteiger partial charge on any atom is -0.394 e. The first-order valence-corrected chi connectivity index (χ1v) is 22.8. The van der Waals surface area contributed by atoms with Crippen molar-refractivity contribution in [3.05, 3.63) is 0 Å². The van der Waals surface area contributed by atoms with E-state index >= 15 is 0 Å². The summed E-state index contributed by atoms with van der Waals surface area (Å²) in [7, 11) is 0. The van der Waals surface area contributed by atoms with Crippen LogP contribution in [-0.2, 0) is 38.4 Å². The van der Waals surface area contributed by atoms with E-state index in [1.54, 1.807) is 0 Å². The SMILES string of the molecule is CSCC[C@H](NC(=O)[C@@H](NC(=O)[C@H](CC(C)C)NC(=O)[C@H](CC(C)C)NC(=O)CNC(=O)[C@H](C)NC(=O)[C@H](CC(C)C)NC(=O)[C@@H](N)[C@@H](C)O)[C@@H](C)O)C(=O)N[C@@H](CO)C(C)C. The van der Waals surface area contributed by atoms with Gasteiger partial charge in [-0.3, -0.25) is 38.4 Å². The fourth-order valence-electron chi connectivity index (χ4n) is 5.94. The van der Waals surface area contributed by atoms with Crippen molar-refractivity contribution >= 4 is 59.0 Å². The molecule has 21 heteroatoms. The summed E-state index contributed by atoms with van der Waals surface area (Å²) in [5.74, 6) is -5.67. The average molecular weight is 904 g/mol. The summed E-state index contributed by atoms with van der Waals surface area (Å²) < 4.78 is 0. The Balaban J connectivity index is 5.90. The molecule has 0 aliphatic rings. The van der Waals surface area contributed by atoms with Crippen molar-refractivity contribution in [1.82, 2.24) is 42.5 Å². The normalized spacial score (nSPS) is 16.4. The van der Waals surface area contributed by atoms with Crippen molar-refractivity contribution in [3.63, 3.8) is 0 Å². The minimum absolute atomic E-state index is 0.0364. The van der Waals surface area contributed by atoms with Crippen molar-refractivity contribution in [2.45, 2.75) is 162 Å². The number of thioether (sulfide) groups is 1. The van der Waals surface area contributed by atoms with E-state index < -0.39 is 114 Å². The second-order valence-corrected chi connectivity index (χ2v) is 18.4. The Bertz CT molecular complexity index is 1470. The summed E-state index contributed by atoms with van der Waals surface area (Å²) in [6, 6.07) is -8.98. The van der Waals surface area contributed by atoms with E-state index in [1.807, 2.05) is 61.6 Å². The van der Waals surface area contributed by atoms with Crippen molar-refractivity contribution in [3.8, 4) is 0 Å². The van der Waals surface area contributed by atoms with Crippen LogP contribution in [0.5, 0.6) is 0 Å². The first-order valence-electron chi connectivity index (χ1n) is 21.4.